The highest BCUT2D eigenvalue weighted by molar-refractivity contribution is 7.99. The maximum Gasteiger partial charge on any atom is 0.296 e. The first-order valence-corrected chi connectivity index (χ1v) is 10.2. The molecule has 2 saturated heterocycles. The van der Waals surface area contributed by atoms with E-state index in [-0.39, 0.29) is 11.5 Å². The quantitative estimate of drug-likeness (QED) is 0.714. The minimum absolute atomic E-state index is 0.0782. The first-order valence-electron chi connectivity index (χ1n) is 9.08. The number of amidine groups is 1. The van der Waals surface area contributed by atoms with Gasteiger partial charge < -0.3 is 14.4 Å². The van der Waals surface area contributed by atoms with Crippen LogP contribution in [0.1, 0.15) is 36.8 Å². The number of likely N-dealkylation sites (tertiary alicyclic amines) is 1. The van der Waals surface area contributed by atoms with E-state index >= 15 is 0 Å². The first kappa shape index (κ1) is 15.7. The zero-order valence-corrected chi connectivity index (χ0v) is 15.0. The zero-order valence-electron chi connectivity index (χ0n) is 14.2. The molecule has 0 aliphatic carbocycles. The number of nitrogens with zero attached hydrogens (tertiary/aromatic N) is 2. The van der Waals surface area contributed by atoms with Crippen LogP contribution in [0.2, 0.25) is 0 Å². The zero-order chi connectivity index (χ0) is 16.9. The van der Waals surface area contributed by atoms with Crippen LogP contribution in [0.25, 0.3) is 0 Å². The summed E-state index contributed by atoms with van der Waals surface area (Å²) in [5.41, 5.74) is 1.79. The highest BCUT2D eigenvalue weighted by Gasteiger charge is 2.50. The number of rotatable bonds is 0. The van der Waals surface area contributed by atoms with Gasteiger partial charge in [0.1, 0.15) is 0 Å². The van der Waals surface area contributed by atoms with Crippen LogP contribution in [0.4, 0.5) is 0 Å². The van der Waals surface area contributed by atoms with Crippen LogP contribution in [-0.2, 0) is 26.5 Å². The molecule has 25 heavy (non-hydrogen) atoms. The lowest BCUT2D eigenvalue weighted by Crippen LogP contribution is -2.47. The maximum absolute atomic E-state index is 12.4. The number of hydrogen-bond acceptors (Lipinski definition) is 5. The number of carbonyl (C=O) groups is 1. The molecular weight excluding hydrogens is 336 g/mol. The molecule has 2 spiro atoms. The van der Waals surface area contributed by atoms with Gasteiger partial charge in [0.15, 0.2) is 5.60 Å². The highest BCUT2D eigenvalue weighted by atomic mass is 32.2. The Kier molecular flexibility index (Phi) is 3.61. The number of ether oxygens (including phenoxy) is 2. The minimum atomic E-state index is -0.674. The number of hydrogen-bond donors (Lipinski definition) is 0. The molecule has 4 aliphatic rings. The molecule has 4 heterocycles. The summed E-state index contributed by atoms with van der Waals surface area (Å²) in [7, 11) is 0. The van der Waals surface area contributed by atoms with Gasteiger partial charge in [-0.2, -0.15) is 16.8 Å². The highest BCUT2D eigenvalue weighted by Crippen LogP contribution is 2.44. The summed E-state index contributed by atoms with van der Waals surface area (Å²) in [5.74, 6) is 1.87. The van der Waals surface area contributed by atoms with Gasteiger partial charge in [-0.25, -0.2) is 0 Å². The number of fused-ring (bicyclic) bond motifs is 2. The summed E-state index contributed by atoms with van der Waals surface area (Å²) >= 11 is 1.89. The molecule has 6 heteroatoms. The van der Waals surface area contributed by atoms with E-state index in [0.29, 0.717) is 12.6 Å². The normalized spacial score (nSPS) is 26.6. The minimum Gasteiger partial charge on any atom is -0.448 e. The van der Waals surface area contributed by atoms with Crippen molar-refractivity contribution >= 4 is 23.7 Å². The van der Waals surface area contributed by atoms with Crippen molar-refractivity contribution in [2.24, 2.45) is 4.99 Å². The topological polar surface area (TPSA) is 51.1 Å². The molecule has 0 aromatic heterocycles. The summed E-state index contributed by atoms with van der Waals surface area (Å²) < 4.78 is 12.4. The third-order valence-corrected chi connectivity index (χ3v) is 7.01. The largest absolute Gasteiger partial charge is 0.448 e. The van der Waals surface area contributed by atoms with Crippen LogP contribution < -0.4 is 0 Å². The average molecular weight is 358 g/mol. The standard InChI is InChI=1S/C19H22N2O3S/c22-16-19(7-11-25-12-8-19)24-17(20-16)21-9-5-18(6-10-21)15-4-2-1-3-14(15)13-23-18/h1-4H,5-13H2. The summed E-state index contributed by atoms with van der Waals surface area (Å²) in [6, 6.07) is 9.06. The number of thioether (sulfide) groups is 1. The van der Waals surface area contributed by atoms with E-state index in [1.165, 1.54) is 11.1 Å². The van der Waals surface area contributed by atoms with E-state index < -0.39 is 5.60 Å². The summed E-state index contributed by atoms with van der Waals surface area (Å²) in [6.45, 7) is 2.32. The molecule has 4 aliphatic heterocycles. The lowest BCUT2D eigenvalue weighted by molar-refractivity contribution is -0.131. The molecule has 0 N–H and O–H groups in total. The Balaban J connectivity index is 1.30. The fourth-order valence-electron chi connectivity index (χ4n) is 4.44. The van der Waals surface area contributed by atoms with Crippen LogP contribution >= 0.6 is 11.8 Å². The number of piperidine rings is 1. The van der Waals surface area contributed by atoms with Gasteiger partial charge in [0.2, 0.25) is 0 Å². The fraction of sp³-hybridized carbons (Fsp3) is 0.579. The Labute approximate surface area is 151 Å². The van der Waals surface area contributed by atoms with Crippen molar-refractivity contribution in [3.63, 3.8) is 0 Å². The van der Waals surface area contributed by atoms with E-state index in [1.807, 2.05) is 11.8 Å². The Morgan fingerprint density at radius 1 is 1.04 bits per heavy atom. The monoisotopic (exact) mass is 358 g/mol. The molecule has 5 rings (SSSR count). The van der Waals surface area contributed by atoms with E-state index in [2.05, 4.69) is 34.2 Å². The molecule has 1 aromatic carbocycles. The smallest absolute Gasteiger partial charge is 0.296 e. The molecule has 5 nitrogen and oxygen atoms in total. The second-order valence-electron chi connectivity index (χ2n) is 7.34. The average Bonchev–Trinajstić information content (AvgIpc) is 3.16. The van der Waals surface area contributed by atoms with Gasteiger partial charge in [-0.1, -0.05) is 24.3 Å². The van der Waals surface area contributed by atoms with Crippen LogP contribution in [-0.4, -0.2) is 47.0 Å². The fourth-order valence-corrected chi connectivity index (χ4v) is 5.59. The molecule has 132 valence electrons. The second-order valence-corrected chi connectivity index (χ2v) is 8.56. The number of aliphatic imine (C=N–C) groups is 1. The van der Waals surface area contributed by atoms with Crippen LogP contribution in [0.5, 0.6) is 0 Å². The van der Waals surface area contributed by atoms with E-state index in [9.17, 15) is 4.79 Å². The third kappa shape index (κ3) is 2.41. The predicted octanol–water partition coefficient (Wildman–Crippen LogP) is 2.69. The third-order valence-electron chi connectivity index (χ3n) is 6.03. The Morgan fingerprint density at radius 2 is 1.80 bits per heavy atom. The summed E-state index contributed by atoms with van der Waals surface area (Å²) in [6.07, 6.45) is 3.36. The van der Waals surface area contributed by atoms with E-state index in [4.69, 9.17) is 9.47 Å². The Hall–Kier alpha value is -1.53. The van der Waals surface area contributed by atoms with Gasteiger partial charge in [0, 0.05) is 25.9 Å². The second kappa shape index (κ2) is 5.74. The molecule has 0 radical (unpaired) electrons. The lowest BCUT2D eigenvalue weighted by Gasteiger charge is -2.40. The van der Waals surface area contributed by atoms with Crippen molar-refractivity contribution in [1.29, 1.82) is 0 Å². The molecule has 1 amide bonds. The van der Waals surface area contributed by atoms with Crippen LogP contribution in [0, 0.1) is 0 Å². The maximum atomic E-state index is 12.4. The number of carbonyl (C=O) groups excluding carboxylic acids is 1. The lowest BCUT2D eigenvalue weighted by atomic mass is 9.84. The number of benzene rings is 1. The predicted molar refractivity (Wildman–Crippen MR) is 96.5 cm³/mol. The van der Waals surface area contributed by atoms with Crippen molar-refractivity contribution in [2.45, 2.75) is 43.5 Å². The van der Waals surface area contributed by atoms with Gasteiger partial charge in [-0.05, 0) is 35.5 Å². The van der Waals surface area contributed by atoms with Gasteiger partial charge in [-0.3, -0.25) is 4.79 Å². The summed E-state index contributed by atoms with van der Waals surface area (Å²) in [5, 5.41) is 0. The van der Waals surface area contributed by atoms with Crippen molar-refractivity contribution in [3.05, 3.63) is 35.4 Å². The van der Waals surface area contributed by atoms with E-state index in [0.717, 1.165) is 50.3 Å². The Morgan fingerprint density at radius 3 is 2.60 bits per heavy atom. The van der Waals surface area contributed by atoms with Crippen molar-refractivity contribution in [3.8, 4) is 0 Å². The molecule has 0 saturated carbocycles. The Bertz CT molecular complexity index is 734. The first-order chi connectivity index (χ1) is 12.2. The number of amides is 1. The van der Waals surface area contributed by atoms with Crippen LogP contribution in [0.15, 0.2) is 29.3 Å². The SMILES string of the molecule is O=C1N=C(N2CCC3(CC2)OCc2ccccc23)OC12CCSCC2. The molecule has 0 unspecified atom stereocenters. The van der Waals surface area contributed by atoms with Gasteiger partial charge in [0.05, 0.1) is 12.2 Å². The van der Waals surface area contributed by atoms with E-state index in [1.54, 1.807) is 0 Å². The summed E-state index contributed by atoms with van der Waals surface area (Å²) in [4.78, 5) is 18.9. The van der Waals surface area contributed by atoms with Crippen molar-refractivity contribution in [2.75, 3.05) is 24.6 Å². The van der Waals surface area contributed by atoms with Gasteiger partial charge >= 0.3 is 0 Å². The van der Waals surface area contributed by atoms with Crippen molar-refractivity contribution < 1.29 is 14.3 Å². The van der Waals surface area contributed by atoms with Crippen LogP contribution in [0.3, 0.4) is 0 Å². The molecule has 2 fully saturated rings. The van der Waals surface area contributed by atoms with Gasteiger partial charge in [-0.15, -0.1) is 0 Å². The van der Waals surface area contributed by atoms with Gasteiger partial charge in [0.25, 0.3) is 11.9 Å². The van der Waals surface area contributed by atoms with Crippen molar-refractivity contribution in [1.82, 2.24) is 4.90 Å². The molecule has 1 aromatic rings. The molecular formula is C19H22N2O3S. The molecule has 0 atom stereocenters. The molecule has 0 bridgehead atoms.